The van der Waals surface area contributed by atoms with Gasteiger partial charge in [-0.1, -0.05) is 0 Å². The number of aliphatic hydroxyl groups is 1. The van der Waals surface area contributed by atoms with Crippen LogP contribution in [0.3, 0.4) is 0 Å². The SMILES string of the molecule is O=C(Oc1ccc(F)cc1F)C(O)(C(F)(F)F)C(F)(F)F. The van der Waals surface area contributed by atoms with Crippen molar-refractivity contribution in [1.29, 1.82) is 0 Å². The lowest BCUT2D eigenvalue weighted by atomic mass is 10.0. The maximum atomic E-state index is 13.0. The van der Waals surface area contributed by atoms with Crippen LogP contribution in [0, 0.1) is 11.6 Å². The third kappa shape index (κ3) is 3.06. The largest absolute Gasteiger partial charge is 0.437 e. The van der Waals surface area contributed by atoms with Crippen LogP contribution in [0.4, 0.5) is 35.1 Å². The molecule has 0 unspecified atom stereocenters. The van der Waals surface area contributed by atoms with Crippen LogP contribution in [-0.4, -0.2) is 29.0 Å². The molecule has 1 aromatic rings. The number of carbonyl (C=O) groups excluding carboxylic acids is 1. The molecule has 0 bridgehead atoms. The molecule has 0 amide bonds. The van der Waals surface area contributed by atoms with Gasteiger partial charge in [-0.2, -0.15) is 26.3 Å². The minimum Gasteiger partial charge on any atom is -0.421 e. The second-order valence-electron chi connectivity index (χ2n) is 3.67. The summed E-state index contributed by atoms with van der Waals surface area (Å²) in [4.78, 5) is 11.0. The number of benzene rings is 1. The Morgan fingerprint density at radius 3 is 1.86 bits per heavy atom. The van der Waals surface area contributed by atoms with Gasteiger partial charge >= 0.3 is 23.9 Å². The maximum absolute atomic E-state index is 13.0. The van der Waals surface area contributed by atoms with Crippen molar-refractivity contribution in [2.75, 3.05) is 0 Å². The van der Waals surface area contributed by atoms with Gasteiger partial charge in [0.2, 0.25) is 0 Å². The molecule has 0 aromatic heterocycles. The molecule has 0 radical (unpaired) electrons. The molecule has 0 saturated heterocycles. The van der Waals surface area contributed by atoms with Crippen molar-refractivity contribution < 1.29 is 49.8 Å². The summed E-state index contributed by atoms with van der Waals surface area (Å²) in [5.41, 5.74) is -5.85. The van der Waals surface area contributed by atoms with Gasteiger partial charge in [0.15, 0.2) is 11.6 Å². The number of hydrogen-bond donors (Lipinski definition) is 1. The third-order valence-electron chi connectivity index (χ3n) is 2.21. The Morgan fingerprint density at radius 1 is 1.00 bits per heavy atom. The third-order valence-corrected chi connectivity index (χ3v) is 2.21. The first-order chi connectivity index (χ1) is 9.30. The van der Waals surface area contributed by atoms with Gasteiger partial charge in [0, 0.05) is 6.07 Å². The molecule has 1 aromatic carbocycles. The summed E-state index contributed by atoms with van der Waals surface area (Å²) in [6, 6.07) is 0.768. The zero-order valence-electron chi connectivity index (χ0n) is 9.52. The van der Waals surface area contributed by atoms with Gasteiger partial charge < -0.3 is 9.84 Å². The van der Waals surface area contributed by atoms with E-state index in [9.17, 15) is 39.9 Å². The predicted octanol–water partition coefficient (Wildman–Crippen LogP) is 2.73. The molecule has 1 N–H and O–H groups in total. The highest BCUT2D eigenvalue weighted by Gasteiger charge is 2.76. The summed E-state index contributed by atoms with van der Waals surface area (Å²) < 4.78 is 103. The van der Waals surface area contributed by atoms with E-state index in [1.807, 2.05) is 0 Å². The number of rotatable bonds is 2. The molecule has 0 fully saturated rings. The summed E-state index contributed by atoms with van der Waals surface area (Å²) in [6.07, 6.45) is -12.9. The highest BCUT2D eigenvalue weighted by Crippen LogP contribution is 2.44. The van der Waals surface area contributed by atoms with Crippen LogP contribution >= 0.6 is 0 Å². The lowest BCUT2D eigenvalue weighted by Gasteiger charge is -2.29. The molecule has 0 aliphatic heterocycles. The van der Waals surface area contributed by atoms with Crippen LogP contribution in [0.15, 0.2) is 18.2 Å². The predicted molar refractivity (Wildman–Crippen MR) is 49.1 cm³/mol. The van der Waals surface area contributed by atoms with E-state index in [1.54, 1.807) is 0 Å². The van der Waals surface area contributed by atoms with E-state index in [0.29, 0.717) is 6.07 Å². The Labute approximate surface area is 110 Å². The monoisotopic (exact) mass is 324 g/mol. The molecule has 0 aliphatic carbocycles. The van der Waals surface area contributed by atoms with Gasteiger partial charge in [-0.05, 0) is 12.1 Å². The van der Waals surface area contributed by atoms with E-state index < -0.39 is 41.3 Å². The van der Waals surface area contributed by atoms with E-state index in [-0.39, 0.29) is 12.1 Å². The minimum absolute atomic E-state index is 0.0584. The molecule has 1 rings (SSSR count). The molecule has 0 aliphatic rings. The Morgan fingerprint density at radius 2 is 1.48 bits per heavy atom. The molecule has 0 spiro atoms. The molecule has 11 heteroatoms. The van der Waals surface area contributed by atoms with Crippen LogP contribution in [-0.2, 0) is 4.79 Å². The van der Waals surface area contributed by atoms with E-state index >= 15 is 0 Å². The fourth-order valence-electron chi connectivity index (χ4n) is 1.12. The smallest absolute Gasteiger partial charge is 0.421 e. The van der Waals surface area contributed by atoms with Gasteiger partial charge in [-0.3, -0.25) is 0 Å². The molecular formula is C10H4F8O3. The number of halogens is 8. The summed E-state index contributed by atoms with van der Waals surface area (Å²) in [5.74, 6) is -7.56. The number of esters is 1. The number of ether oxygens (including phenoxy) is 1. The van der Waals surface area contributed by atoms with E-state index in [0.717, 1.165) is 0 Å². The normalized spacial score (nSPS) is 13.2. The Bertz CT molecular complexity index is 534. The Hall–Kier alpha value is -1.91. The number of carbonyl (C=O) groups is 1. The second-order valence-corrected chi connectivity index (χ2v) is 3.67. The Balaban J connectivity index is 3.20. The first-order valence-corrected chi connectivity index (χ1v) is 4.84. The van der Waals surface area contributed by atoms with Crippen LogP contribution in [0.2, 0.25) is 0 Å². The molecule has 3 nitrogen and oxygen atoms in total. The maximum Gasteiger partial charge on any atom is 0.437 e. The zero-order valence-corrected chi connectivity index (χ0v) is 9.52. The lowest BCUT2D eigenvalue weighted by molar-refractivity contribution is -0.354. The van der Waals surface area contributed by atoms with Gasteiger partial charge in [0.25, 0.3) is 0 Å². The van der Waals surface area contributed by atoms with Crippen molar-refractivity contribution in [3.8, 4) is 5.75 Å². The average molecular weight is 324 g/mol. The standard InChI is InChI=1S/C10H4F8O3/c11-4-1-2-6(5(12)3-4)21-7(19)8(20,9(13,14)15)10(16,17)18/h1-3,20H. The fraction of sp³-hybridized carbons (Fsp3) is 0.300. The number of alkyl halides is 6. The highest BCUT2D eigenvalue weighted by molar-refractivity contribution is 5.83. The first-order valence-electron chi connectivity index (χ1n) is 4.84. The zero-order chi connectivity index (χ0) is 16.6. The first kappa shape index (κ1) is 17.1. The number of hydrogen-bond acceptors (Lipinski definition) is 3. The van der Waals surface area contributed by atoms with Crippen molar-refractivity contribution in [2.24, 2.45) is 0 Å². The van der Waals surface area contributed by atoms with Crippen LogP contribution < -0.4 is 4.74 Å². The lowest BCUT2D eigenvalue weighted by Crippen LogP contribution is -2.63. The summed E-state index contributed by atoms with van der Waals surface area (Å²) in [6.45, 7) is 0. The van der Waals surface area contributed by atoms with Gasteiger partial charge in [-0.25, -0.2) is 13.6 Å². The second kappa shape index (κ2) is 5.13. The van der Waals surface area contributed by atoms with Crippen molar-refractivity contribution in [1.82, 2.24) is 0 Å². The van der Waals surface area contributed by atoms with Crippen molar-refractivity contribution >= 4 is 5.97 Å². The van der Waals surface area contributed by atoms with Crippen molar-refractivity contribution in [2.45, 2.75) is 18.0 Å². The van der Waals surface area contributed by atoms with E-state index in [2.05, 4.69) is 4.74 Å². The van der Waals surface area contributed by atoms with Crippen molar-refractivity contribution in [3.63, 3.8) is 0 Å². The van der Waals surface area contributed by atoms with E-state index in [1.165, 1.54) is 0 Å². The quantitative estimate of drug-likeness (QED) is 0.517. The van der Waals surface area contributed by atoms with E-state index in [4.69, 9.17) is 5.11 Å². The summed E-state index contributed by atoms with van der Waals surface area (Å²) in [5, 5.41) is 8.64. The van der Waals surface area contributed by atoms with Crippen LogP contribution in [0.25, 0.3) is 0 Å². The summed E-state index contributed by atoms with van der Waals surface area (Å²) >= 11 is 0. The van der Waals surface area contributed by atoms with Gasteiger partial charge in [0.05, 0.1) is 0 Å². The molecule has 0 heterocycles. The van der Waals surface area contributed by atoms with Crippen LogP contribution in [0.5, 0.6) is 5.75 Å². The van der Waals surface area contributed by atoms with Crippen LogP contribution in [0.1, 0.15) is 0 Å². The fourth-order valence-corrected chi connectivity index (χ4v) is 1.12. The molecule has 21 heavy (non-hydrogen) atoms. The van der Waals surface area contributed by atoms with Gasteiger partial charge in [-0.15, -0.1) is 0 Å². The summed E-state index contributed by atoms with van der Waals surface area (Å²) in [7, 11) is 0. The Kier molecular flexibility index (Phi) is 4.19. The molecule has 118 valence electrons. The molecule has 0 atom stereocenters. The van der Waals surface area contributed by atoms with Crippen molar-refractivity contribution in [3.05, 3.63) is 29.8 Å². The minimum atomic E-state index is -6.46. The molecular weight excluding hydrogens is 320 g/mol. The van der Waals surface area contributed by atoms with Gasteiger partial charge in [0.1, 0.15) is 5.82 Å². The average Bonchev–Trinajstić information content (AvgIpc) is 2.28. The highest BCUT2D eigenvalue weighted by atomic mass is 19.4. The molecule has 0 saturated carbocycles. The topological polar surface area (TPSA) is 46.5 Å².